The highest BCUT2D eigenvalue weighted by atomic mass is 35.5. The van der Waals surface area contributed by atoms with Gasteiger partial charge in [-0.3, -0.25) is 9.59 Å². The first kappa shape index (κ1) is 14.4. The summed E-state index contributed by atoms with van der Waals surface area (Å²) in [5, 5.41) is 7.53. The Morgan fingerprint density at radius 1 is 1.28 bits per heavy atom. The Balaban J connectivity index is 2.79. The molecule has 0 aliphatic rings. The van der Waals surface area contributed by atoms with Crippen molar-refractivity contribution in [3.63, 3.8) is 0 Å². The fourth-order valence-corrected chi connectivity index (χ4v) is 1.32. The van der Waals surface area contributed by atoms with Crippen molar-refractivity contribution >= 4 is 23.4 Å². The molecular formula is C11H15ClN4O2. The molecule has 1 heterocycles. The quantitative estimate of drug-likeness (QED) is 0.807. The zero-order valence-electron chi connectivity index (χ0n) is 10.6. The summed E-state index contributed by atoms with van der Waals surface area (Å²) in [7, 11) is 3.28. The van der Waals surface area contributed by atoms with Crippen molar-refractivity contribution < 1.29 is 9.59 Å². The standard InChI is InChI=1S/C11H15ClN4O2/c1-4-16(7-10(17)15(2)3)11(18)8-5-6-9(12)14-13-8/h5-6H,4,7H2,1-3H3. The summed E-state index contributed by atoms with van der Waals surface area (Å²) in [6, 6.07) is 2.98. The van der Waals surface area contributed by atoms with Gasteiger partial charge < -0.3 is 9.80 Å². The first-order chi connectivity index (χ1) is 8.45. The van der Waals surface area contributed by atoms with E-state index in [4.69, 9.17) is 11.6 Å². The zero-order chi connectivity index (χ0) is 13.7. The van der Waals surface area contributed by atoms with Gasteiger partial charge in [0.05, 0.1) is 0 Å². The van der Waals surface area contributed by atoms with Gasteiger partial charge in [0, 0.05) is 20.6 Å². The van der Waals surface area contributed by atoms with Crippen molar-refractivity contribution in [1.29, 1.82) is 0 Å². The third-order valence-electron chi connectivity index (χ3n) is 2.34. The topological polar surface area (TPSA) is 66.4 Å². The molecule has 1 rings (SSSR count). The molecule has 1 aromatic rings. The first-order valence-corrected chi connectivity index (χ1v) is 5.82. The van der Waals surface area contributed by atoms with Crippen LogP contribution in [0.1, 0.15) is 17.4 Å². The van der Waals surface area contributed by atoms with E-state index in [2.05, 4.69) is 10.2 Å². The Labute approximate surface area is 111 Å². The summed E-state index contributed by atoms with van der Waals surface area (Å²) >= 11 is 5.60. The fourth-order valence-electron chi connectivity index (χ4n) is 1.22. The van der Waals surface area contributed by atoms with Gasteiger partial charge in [0.25, 0.3) is 5.91 Å². The molecule has 7 heteroatoms. The molecule has 0 saturated heterocycles. The smallest absolute Gasteiger partial charge is 0.274 e. The van der Waals surface area contributed by atoms with Crippen LogP contribution in [-0.2, 0) is 4.79 Å². The lowest BCUT2D eigenvalue weighted by Gasteiger charge is -2.21. The number of rotatable bonds is 4. The third-order valence-corrected chi connectivity index (χ3v) is 2.55. The summed E-state index contributed by atoms with van der Waals surface area (Å²) in [6.07, 6.45) is 0. The Morgan fingerprint density at radius 2 is 1.94 bits per heavy atom. The number of hydrogen-bond donors (Lipinski definition) is 0. The van der Waals surface area contributed by atoms with E-state index in [1.165, 1.54) is 21.9 Å². The molecule has 18 heavy (non-hydrogen) atoms. The lowest BCUT2D eigenvalue weighted by Crippen LogP contribution is -2.40. The van der Waals surface area contributed by atoms with Gasteiger partial charge in [-0.2, -0.15) is 0 Å². The monoisotopic (exact) mass is 270 g/mol. The van der Waals surface area contributed by atoms with E-state index in [9.17, 15) is 9.59 Å². The number of carbonyl (C=O) groups excluding carboxylic acids is 2. The molecule has 0 atom stereocenters. The van der Waals surface area contributed by atoms with E-state index in [1.807, 2.05) is 0 Å². The number of carbonyl (C=O) groups is 2. The Bertz CT molecular complexity index is 433. The van der Waals surface area contributed by atoms with Crippen LogP contribution < -0.4 is 0 Å². The van der Waals surface area contributed by atoms with Crippen molar-refractivity contribution in [3.8, 4) is 0 Å². The van der Waals surface area contributed by atoms with Gasteiger partial charge in [-0.25, -0.2) is 0 Å². The second-order valence-corrected chi connectivity index (χ2v) is 4.24. The van der Waals surface area contributed by atoms with E-state index in [1.54, 1.807) is 21.0 Å². The molecule has 1 aromatic heterocycles. The van der Waals surface area contributed by atoms with E-state index < -0.39 is 0 Å². The van der Waals surface area contributed by atoms with Crippen LogP contribution in [0.5, 0.6) is 0 Å². The summed E-state index contributed by atoms with van der Waals surface area (Å²) in [5.41, 5.74) is 0.174. The second-order valence-electron chi connectivity index (χ2n) is 3.85. The van der Waals surface area contributed by atoms with Gasteiger partial charge in [0.2, 0.25) is 5.91 Å². The molecule has 0 spiro atoms. The number of amides is 2. The van der Waals surface area contributed by atoms with Crippen LogP contribution in [0.4, 0.5) is 0 Å². The van der Waals surface area contributed by atoms with E-state index in [0.717, 1.165) is 0 Å². The van der Waals surface area contributed by atoms with Crippen LogP contribution in [0.15, 0.2) is 12.1 Å². The average Bonchev–Trinajstić information content (AvgIpc) is 2.35. The van der Waals surface area contributed by atoms with Crippen molar-refractivity contribution in [1.82, 2.24) is 20.0 Å². The van der Waals surface area contributed by atoms with E-state index in [-0.39, 0.29) is 29.2 Å². The van der Waals surface area contributed by atoms with Crippen molar-refractivity contribution in [2.24, 2.45) is 0 Å². The highest BCUT2D eigenvalue weighted by Crippen LogP contribution is 2.05. The molecule has 2 amide bonds. The Morgan fingerprint density at radius 3 is 2.39 bits per heavy atom. The molecule has 98 valence electrons. The molecule has 0 N–H and O–H groups in total. The van der Waals surface area contributed by atoms with Gasteiger partial charge in [-0.1, -0.05) is 11.6 Å². The number of hydrogen-bond acceptors (Lipinski definition) is 4. The lowest BCUT2D eigenvalue weighted by molar-refractivity contribution is -0.129. The highest BCUT2D eigenvalue weighted by Gasteiger charge is 2.19. The maximum Gasteiger partial charge on any atom is 0.274 e. The Kier molecular flexibility index (Phi) is 5.03. The summed E-state index contributed by atoms with van der Waals surface area (Å²) in [5.74, 6) is -0.482. The summed E-state index contributed by atoms with van der Waals surface area (Å²) in [4.78, 5) is 26.5. The molecular weight excluding hydrogens is 256 g/mol. The van der Waals surface area contributed by atoms with Gasteiger partial charge in [0.1, 0.15) is 6.54 Å². The van der Waals surface area contributed by atoms with Gasteiger partial charge in [0.15, 0.2) is 10.8 Å². The van der Waals surface area contributed by atoms with Crippen LogP contribution in [0.3, 0.4) is 0 Å². The van der Waals surface area contributed by atoms with Crippen molar-refractivity contribution in [3.05, 3.63) is 23.0 Å². The number of nitrogens with zero attached hydrogens (tertiary/aromatic N) is 4. The lowest BCUT2D eigenvalue weighted by atomic mass is 10.3. The van der Waals surface area contributed by atoms with Crippen LogP contribution in [0.2, 0.25) is 5.15 Å². The molecule has 0 aliphatic heterocycles. The van der Waals surface area contributed by atoms with Crippen LogP contribution in [0, 0.1) is 0 Å². The number of halogens is 1. The normalized spacial score (nSPS) is 10.0. The van der Waals surface area contributed by atoms with Gasteiger partial charge in [-0.05, 0) is 19.1 Å². The number of likely N-dealkylation sites (N-methyl/N-ethyl adjacent to an activating group) is 2. The molecule has 6 nitrogen and oxygen atoms in total. The largest absolute Gasteiger partial charge is 0.347 e. The summed E-state index contributed by atoms with van der Waals surface area (Å²) < 4.78 is 0. The summed E-state index contributed by atoms with van der Waals surface area (Å²) in [6.45, 7) is 2.24. The minimum atomic E-state index is -0.336. The highest BCUT2D eigenvalue weighted by molar-refractivity contribution is 6.29. The average molecular weight is 271 g/mol. The van der Waals surface area contributed by atoms with Crippen molar-refractivity contribution in [2.75, 3.05) is 27.2 Å². The second kappa shape index (κ2) is 6.30. The molecule has 0 radical (unpaired) electrons. The van der Waals surface area contributed by atoms with Gasteiger partial charge >= 0.3 is 0 Å². The molecule has 0 saturated carbocycles. The van der Waals surface area contributed by atoms with Crippen LogP contribution in [0.25, 0.3) is 0 Å². The SMILES string of the molecule is CCN(CC(=O)N(C)C)C(=O)c1ccc(Cl)nn1. The first-order valence-electron chi connectivity index (χ1n) is 5.44. The predicted molar refractivity (Wildman–Crippen MR) is 67.3 cm³/mol. The number of aromatic nitrogens is 2. The molecule has 0 fully saturated rings. The predicted octanol–water partition coefficient (Wildman–Crippen LogP) is 0.680. The molecule has 0 bridgehead atoms. The minimum Gasteiger partial charge on any atom is -0.347 e. The maximum atomic E-state index is 12.1. The van der Waals surface area contributed by atoms with Gasteiger partial charge in [-0.15, -0.1) is 10.2 Å². The van der Waals surface area contributed by atoms with E-state index >= 15 is 0 Å². The van der Waals surface area contributed by atoms with E-state index in [0.29, 0.717) is 6.54 Å². The molecule has 0 aliphatic carbocycles. The maximum absolute atomic E-state index is 12.1. The minimum absolute atomic E-state index is 0.0205. The fraction of sp³-hybridized carbons (Fsp3) is 0.455. The van der Waals surface area contributed by atoms with Crippen molar-refractivity contribution in [2.45, 2.75) is 6.92 Å². The van der Waals surface area contributed by atoms with Crippen LogP contribution >= 0.6 is 11.6 Å². The molecule has 0 unspecified atom stereocenters. The van der Waals surface area contributed by atoms with Crippen LogP contribution in [-0.4, -0.2) is 59.0 Å². The Hall–Kier alpha value is -1.69. The third kappa shape index (κ3) is 3.66. The molecule has 0 aromatic carbocycles. The zero-order valence-corrected chi connectivity index (χ0v) is 11.3.